The maximum Gasteiger partial charge on any atom is 0.306 e. The predicted octanol–water partition coefficient (Wildman–Crippen LogP) is 6.50. The molecule has 0 unspecified atom stereocenters. The van der Waals surface area contributed by atoms with Crippen LogP contribution in [0.25, 0.3) is 0 Å². The summed E-state index contributed by atoms with van der Waals surface area (Å²) in [5.41, 5.74) is 2.60. The van der Waals surface area contributed by atoms with E-state index in [1.165, 1.54) is 0 Å². The van der Waals surface area contributed by atoms with E-state index in [0.717, 1.165) is 36.1 Å². The van der Waals surface area contributed by atoms with E-state index in [9.17, 15) is 9.90 Å². The first-order valence-corrected chi connectivity index (χ1v) is 12.2. The van der Waals surface area contributed by atoms with Crippen LogP contribution in [0.15, 0.2) is 12.1 Å². The first-order valence-electron chi connectivity index (χ1n) is 12.2. The van der Waals surface area contributed by atoms with Crippen molar-refractivity contribution in [3.8, 4) is 5.75 Å². The second kappa shape index (κ2) is 9.00. The fraction of sp³-hybridized carbons (Fsp3) is 0.750. The van der Waals surface area contributed by atoms with Crippen molar-refractivity contribution < 1.29 is 14.6 Å². The quantitative estimate of drug-likeness (QED) is 0.525. The van der Waals surface area contributed by atoms with Crippen molar-refractivity contribution in [2.45, 2.75) is 130 Å². The van der Waals surface area contributed by atoms with E-state index in [2.05, 4.69) is 93.2 Å². The van der Waals surface area contributed by atoms with Crippen LogP contribution in [0.1, 0.15) is 112 Å². The van der Waals surface area contributed by atoms with Gasteiger partial charge in [-0.15, -0.1) is 0 Å². The number of likely N-dealkylation sites (tertiary alicyclic amines) is 1. The van der Waals surface area contributed by atoms with Crippen LogP contribution < -0.4 is 0 Å². The summed E-state index contributed by atoms with van der Waals surface area (Å²) in [6.45, 7) is 24.8. The lowest BCUT2D eigenvalue weighted by Gasteiger charge is -2.54. The number of carbonyl (C=O) groups is 1. The minimum Gasteiger partial charge on any atom is -0.507 e. The highest BCUT2D eigenvalue weighted by Gasteiger charge is 2.45. The van der Waals surface area contributed by atoms with Crippen LogP contribution in [0.3, 0.4) is 0 Å². The number of piperidine rings is 1. The van der Waals surface area contributed by atoms with Gasteiger partial charge in [-0.25, -0.2) is 0 Å². The Kier molecular flexibility index (Phi) is 7.51. The van der Waals surface area contributed by atoms with Gasteiger partial charge in [0, 0.05) is 30.3 Å². The Bertz CT molecular complexity index is 771. The highest BCUT2D eigenvalue weighted by atomic mass is 16.5. The molecule has 1 aliphatic heterocycles. The largest absolute Gasteiger partial charge is 0.507 e. The van der Waals surface area contributed by atoms with E-state index in [1.807, 2.05) is 0 Å². The smallest absolute Gasteiger partial charge is 0.306 e. The molecule has 0 aliphatic carbocycles. The summed E-state index contributed by atoms with van der Waals surface area (Å²) < 4.78 is 5.98. The number of aromatic hydroxyl groups is 1. The minimum absolute atomic E-state index is 0.00161. The molecule has 0 atom stereocenters. The van der Waals surface area contributed by atoms with Crippen molar-refractivity contribution in [1.82, 2.24) is 4.90 Å². The van der Waals surface area contributed by atoms with Crippen molar-refractivity contribution >= 4 is 5.97 Å². The van der Waals surface area contributed by atoms with Crippen LogP contribution >= 0.6 is 0 Å². The second-order valence-corrected chi connectivity index (χ2v) is 12.9. The van der Waals surface area contributed by atoms with E-state index >= 15 is 0 Å². The van der Waals surface area contributed by atoms with Crippen LogP contribution in [0.2, 0.25) is 0 Å². The lowest BCUT2D eigenvalue weighted by Crippen LogP contribution is -2.62. The lowest BCUT2D eigenvalue weighted by molar-refractivity contribution is -0.160. The Morgan fingerprint density at radius 3 is 1.81 bits per heavy atom. The Hall–Kier alpha value is -1.55. The molecule has 1 aromatic carbocycles. The number of hydrogen-bond donors (Lipinski definition) is 1. The molecule has 1 aromatic rings. The van der Waals surface area contributed by atoms with E-state index in [0.29, 0.717) is 18.6 Å². The normalized spacial score (nSPS) is 19.7. The van der Waals surface area contributed by atoms with Crippen LogP contribution in [-0.4, -0.2) is 39.7 Å². The van der Waals surface area contributed by atoms with Crippen LogP contribution in [-0.2, 0) is 26.8 Å². The summed E-state index contributed by atoms with van der Waals surface area (Å²) >= 11 is 0. The highest BCUT2D eigenvalue weighted by Crippen LogP contribution is 2.41. The number of phenolic OH excluding ortho intramolecular Hbond substituents is 1. The third-order valence-electron chi connectivity index (χ3n) is 6.93. The van der Waals surface area contributed by atoms with Gasteiger partial charge in [-0.3, -0.25) is 9.69 Å². The summed E-state index contributed by atoms with van der Waals surface area (Å²) in [5.74, 6) is 0.248. The van der Waals surface area contributed by atoms with Gasteiger partial charge < -0.3 is 9.84 Å². The van der Waals surface area contributed by atoms with E-state index in [1.54, 1.807) is 0 Å². The Morgan fingerprint density at radius 1 is 1.00 bits per heavy atom. The zero-order valence-electron chi connectivity index (χ0n) is 22.5. The van der Waals surface area contributed by atoms with Crippen molar-refractivity contribution in [2.75, 3.05) is 6.54 Å². The van der Waals surface area contributed by atoms with Crippen molar-refractivity contribution in [3.05, 3.63) is 28.8 Å². The number of carbonyl (C=O) groups excluding carboxylic acids is 1. The van der Waals surface area contributed by atoms with Gasteiger partial charge in [0.2, 0.25) is 0 Å². The molecule has 1 saturated heterocycles. The molecule has 0 aromatic heterocycles. The monoisotopic (exact) mass is 445 g/mol. The molecule has 2 rings (SSSR count). The molecular weight excluding hydrogens is 398 g/mol. The molecule has 1 N–H and O–H groups in total. The Balaban J connectivity index is 2.15. The van der Waals surface area contributed by atoms with Gasteiger partial charge in [0.1, 0.15) is 11.9 Å². The van der Waals surface area contributed by atoms with Gasteiger partial charge in [-0.1, -0.05) is 60.6 Å². The average molecular weight is 446 g/mol. The van der Waals surface area contributed by atoms with Crippen LogP contribution in [0.4, 0.5) is 0 Å². The number of esters is 1. The summed E-state index contributed by atoms with van der Waals surface area (Å²) in [7, 11) is 0. The molecule has 4 heteroatoms. The predicted molar refractivity (Wildman–Crippen MR) is 133 cm³/mol. The lowest BCUT2D eigenvalue weighted by atomic mass is 9.78. The number of hydrogen-bond acceptors (Lipinski definition) is 4. The Morgan fingerprint density at radius 2 is 1.44 bits per heavy atom. The van der Waals surface area contributed by atoms with Crippen molar-refractivity contribution in [2.24, 2.45) is 0 Å². The molecule has 32 heavy (non-hydrogen) atoms. The first kappa shape index (κ1) is 26.7. The first-order chi connectivity index (χ1) is 14.4. The third-order valence-corrected chi connectivity index (χ3v) is 6.93. The molecule has 0 spiro atoms. The van der Waals surface area contributed by atoms with Gasteiger partial charge in [-0.2, -0.15) is 0 Å². The summed E-state index contributed by atoms with van der Waals surface area (Å²) in [6.07, 6.45) is 2.64. The fourth-order valence-electron chi connectivity index (χ4n) is 5.64. The second-order valence-electron chi connectivity index (χ2n) is 12.9. The van der Waals surface area contributed by atoms with Gasteiger partial charge in [0.15, 0.2) is 0 Å². The van der Waals surface area contributed by atoms with Crippen molar-refractivity contribution in [3.63, 3.8) is 0 Å². The topological polar surface area (TPSA) is 49.8 Å². The average Bonchev–Trinajstić information content (AvgIpc) is 2.56. The van der Waals surface area contributed by atoms with Gasteiger partial charge in [0.25, 0.3) is 0 Å². The molecule has 0 radical (unpaired) electrons. The standard InChI is InChI=1S/C28H47NO3/c1-12-29-27(8,9)17-20(18-28(29,10)11)32-23(30)14-13-19-15-21(25(2,3)4)24(31)22(16-19)26(5,6)7/h15-16,20,31H,12-14,17-18H2,1-11H3. The number of nitrogens with zero attached hydrogens (tertiary/aromatic N) is 1. The summed E-state index contributed by atoms with van der Waals surface area (Å²) in [4.78, 5) is 15.3. The maximum absolute atomic E-state index is 12.8. The molecule has 1 aliphatic rings. The van der Waals surface area contributed by atoms with E-state index in [4.69, 9.17) is 4.74 Å². The summed E-state index contributed by atoms with van der Waals surface area (Å²) in [6, 6.07) is 4.12. The molecular formula is C28H47NO3. The molecule has 0 amide bonds. The third kappa shape index (κ3) is 6.07. The number of rotatable bonds is 5. The minimum atomic E-state index is -0.176. The number of ether oxygens (including phenoxy) is 1. The molecule has 4 nitrogen and oxygen atoms in total. The number of phenols is 1. The van der Waals surface area contributed by atoms with E-state index in [-0.39, 0.29) is 34.0 Å². The van der Waals surface area contributed by atoms with E-state index < -0.39 is 0 Å². The van der Waals surface area contributed by atoms with Crippen LogP contribution in [0, 0.1) is 0 Å². The highest BCUT2D eigenvalue weighted by molar-refractivity contribution is 5.70. The zero-order valence-corrected chi connectivity index (χ0v) is 22.5. The molecule has 1 heterocycles. The fourth-order valence-corrected chi connectivity index (χ4v) is 5.64. The number of benzene rings is 1. The SMILES string of the molecule is CCN1C(C)(C)CC(OC(=O)CCc2cc(C(C)(C)C)c(O)c(C(C)(C)C)c2)CC1(C)C. The number of aryl methyl sites for hydroxylation is 1. The Labute approximate surface area is 196 Å². The van der Waals surface area contributed by atoms with Gasteiger partial charge in [-0.05, 0) is 68.2 Å². The zero-order chi connectivity index (χ0) is 24.7. The maximum atomic E-state index is 12.8. The van der Waals surface area contributed by atoms with Crippen molar-refractivity contribution in [1.29, 1.82) is 0 Å². The van der Waals surface area contributed by atoms with Gasteiger partial charge >= 0.3 is 5.97 Å². The van der Waals surface area contributed by atoms with Crippen LogP contribution in [0.5, 0.6) is 5.75 Å². The van der Waals surface area contributed by atoms with Gasteiger partial charge in [0.05, 0.1) is 0 Å². The summed E-state index contributed by atoms with van der Waals surface area (Å²) in [5, 5.41) is 10.9. The molecule has 1 fully saturated rings. The molecule has 0 bridgehead atoms. The molecule has 0 saturated carbocycles. The molecule has 182 valence electrons.